The lowest BCUT2D eigenvalue weighted by molar-refractivity contribution is -0.124. The number of sulfonamides is 1. The highest BCUT2D eigenvalue weighted by molar-refractivity contribution is 7.89. The van der Waals surface area contributed by atoms with Crippen LogP contribution >= 0.6 is 11.6 Å². The average molecular weight is 476 g/mol. The van der Waals surface area contributed by atoms with Gasteiger partial charge in [0.25, 0.3) is 0 Å². The minimum atomic E-state index is -3.85. The van der Waals surface area contributed by atoms with Crippen LogP contribution in [-0.4, -0.2) is 43.2 Å². The summed E-state index contributed by atoms with van der Waals surface area (Å²) in [5.74, 6) is -0.373. The predicted molar refractivity (Wildman–Crippen MR) is 123 cm³/mol. The summed E-state index contributed by atoms with van der Waals surface area (Å²) in [6.45, 7) is 4.05. The maximum absolute atomic E-state index is 13.4. The maximum Gasteiger partial charge on any atom is 0.243 e. The molecule has 0 spiro atoms. The van der Waals surface area contributed by atoms with Crippen molar-refractivity contribution in [1.29, 1.82) is 0 Å². The average Bonchev–Trinajstić information content (AvgIpc) is 3.37. The zero-order chi connectivity index (χ0) is 23.0. The molecule has 1 N–H and O–H groups in total. The number of amides is 2. The number of nitrogens with one attached hydrogen (secondary N) is 1. The molecule has 0 radical (unpaired) electrons. The van der Waals surface area contributed by atoms with Gasteiger partial charge in [0.1, 0.15) is 6.04 Å². The lowest BCUT2D eigenvalue weighted by Gasteiger charge is -2.24. The van der Waals surface area contributed by atoms with Crippen LogP contribution in [0, 0.1) is 0 Å². The number of fused-ring (bicyclic) bond motifs is 1. The number of benzene rings is 2. The number of hydrogen-bond acceptors (Lipinski definition) is 4. The predicted octanol–water partition coefficient (Wildman–Crippen LogP) is 3.11. The SMILES string of the molecule is CC(=O)N1c2ccc(S(=O)(=O)N3CCC[C@H]3C(=O)NCc3ccc(Cl)cc3)cc2C[C@H]1C. The van der Waals surface area contributed by atoms with Crippen molar-refractivity contribution >= 4 is 39.1 Å². The van der Waals surface area contributed by atoms with E-state index in [2.05, 4.69) is 5.32 Å². The van der Waals surface area contributed by atoms with Crippen molar-refractivity contribution in [3.05, 3.63) is 58.6 Å². The normalized spacial score (nSPS) is 20.9. The van der Waals surface area contributed by atoms with Crippen LogP contribution in [0.1, 0.15) is 37.8 Å². The lowest BCUT2D eigenvalue weighted by Crippen LogP contribution is -2.45. The molecule has 2 aromatic carbocycles. The Hall–Kier alpha value is -2.42. The summed E-state index contributed by atoms with van der Waals surface area (Å²) >= 11 is 5.89. The molecule has 170 valence electrons. The number of rotatable bonds is 5. The standard InChI is InChI=1S/C23H26ClN3O4S/c1-15-12-18-13-20(9-10-21(18)27(15)16(2)28)32(30,31)26-11-3-4-22(26)23(29)25-14-17-5-7-19(24)8-6-17/h5-10,13,15,22H,3-4,11-12,14H2,1-2H3,(H,25,29)/t15-,22+/m1/s1. The van der Waals surface area contributed by atoms with Crippen molar-refractivity contribution in [3.63, 3.8) is 0 Å². The Kier molecular flexibility index (Phi) is 6.29. The highest BCUT2D eigenvalue weighted by Crippen LogP contribution is 2.35. The number of hydrogen-bond donors (Lipinski definition) is 1. The van der Waals surface area contributed by atoms with Gasteiger partial charge in [-0.05, 0) is 67.6 Å². The molecule has 1 saturated heterocycles. The fraction of sp³-hybridized carbons (Fsp3) is 0.391. The van der Waals surface area contributed by atoms with E-state index in [0.29, 0.717) is 37.4 Å². The Labute approximate surface area is 193 Å². The van der Waals surface area contributed by atoms with Crippen molar-refractivity contribution in [2.45, 2.75) is 56.6 Å². The molecule has 2 atom stereocenters. The van der Waals surface area contributed by atoms with Crippen LogP contribution < -0.4 is 10.2 Å². The van der Waals surface area contributed by atoms with Crippen LogP contribution in [0.4, 0.5) is 5.69 Å². The fourth-order valence-corrected chi connectivity index (χ4v) is 6.42. The lowest BCUT2D eigenvalue weighted by atomic mass is 10.1. The Bertz CT molecular complexity index is 1150. The molecule has 2 aliphatic heterocycles. The Morgan fingerprint density at radius 1 is 1.16 bits per heavy atom. The first kappa shape index (κ1) is 22.8. The molecule has 2 heterocycles. The molecule has 1 fully saturated rings. The molecule has 32 heavy (non-hydrogen) atoms. The van der Waals surface area contributed by atoms with Crippen LogP contribution in [0.2, 0.25) is 5.02 Å². The second kappa shape index (κ2) is 8.84. The summed E-state index contributed by atoms with van der Waals surface area (Å²) in [6.07, 6.45) is 1.70. The van der Waals surface area contributed by atoms with Gasteiger partial charge in [0.2, 0.25) is 21.8 Å². The monoisotopic (exact) mass is 475 g/mol. The third-order valence-electron chi connectivity index (χ3n) is 6.10. The van der Waals surface area contributed by atoms with Gasteiger partial charge >= 0.3 is 0 Å². The summed E-state index contributed by atoms with van der Waals surface area (Å²) in [6, 6.07) is 11.2. The molecular formula is C23H26ClN3O4S. The van der Waals surface area contributed by atoms with Crippen molar-refractivity contribution in [3.8, 4) is 0 Å². The molecule has 0 aliphatic carbocycles. The van der Waals surface area contributed by atoms with Gasteiger partial charge in [-0.1, -0.05) is 23.7 Å². The molecule has 2 aromatic rings. The van der Waals surface area contributed by atoms with Gasteiger partial charge < -0.3 is 10.2 Å². The smallest absolute Gasteiger partial charge is 0.243 e. The number of anilines is 1. The van der Waals surface area contributed by atoms with Gasteiger partial charge in [0, 0.05) is 36.8 Å². The number of carbonyl (C=O) groups is 2. The van der Waals surface area contributed by atoms with Gasteiger partial charge in [0.15, 0.2) is 0 Å². The minimum Gasteiger partial charge on any atom is -0.351 e. The summed E-state index contributed by atoms with van der Waals surface area (Å²) in [7, 11) is -3.85. The van der Waals surface area contributed by atoms with Gasteiger partial charge in [-0.25, -0.2) is 8.42 Å². The first-order chi connectivity index (χ1) is 15.2. The summed E-state index contributed by atoms with van der Waals surface area (Å²) < 4.78 is 28.1. The molecule has 4 rings (SSSR count). The number of carbonyl (C=O) groups excluding carboxylic acids is 2. The molecule has 7 nitrogen and oxygen atoms in total. The Morgan fingerprint density at radius 3 is 2.56 bits per heavy atom. The van der Waals surface area contributed by atoms with Crippen LogP contribution in [0.15, 0.2) is 47.4 Å². The molecule has 0 bridgehead atoms. The number of halogens is 1. The van der Waals surface area contributed by atoms with E-state index >= 15 is 0 Å². The minimum absolute atomic E-state index is 0.0152. The summed E-state index contributed by atoms with van der Waals surface area (Å²) in [5.41, 5.74) is 2.47. The molecule has 0 unspecified atom stereocenters. The van der Waals surface area contributed by atoms with Crippen LogP contribution in [0.3, 0.4) is 0 Å². The van der Waals surface area contributed by atoms with Crippen molar-refractivity contribution in [2.75, 3.05) is 11.4 Å². The van der Waals surface area contributed by atoms with E-state index in [1.165, 1.54) is 17.3 Å². The Balaban J connectivity index is 1.52. The number of nitrogens with zero attached hydrogens (tertiary/aromatic N) is 2. The highest BCUT2D eigenvalue weighted by Gasteiger charge is 2.40. The zero-order valence-corrected chi connectivity index (χ0v) is 19.6. The molecular weight excluding hydrogens is 450 g/mol. The van der Waals surface area contributed by atoms with Crippen LogP contribution in [0.5, 0.6) is 0 Å². The topological polar surface area (TPSA) is 86.8 Å². The molecule has 0 aromatic heterocycles. The second-order valence-corrected chi connectivity index (χ2v) is 10.7. The quantitative estimate of drug-likeness (QED) is 0.719. The van der Waals surface area contributed by atoms with Gasteiger partial charge in [0.05, 0.1) is 4.90 Å². The van der Waals surface area contributed by atoms with E-state index in [1.807, 2.05) is 19.1 Å². The first-order valence-corrected chi connectivity index (χ1v) is 12.5. The zero-order valence-electron chi connectivity index (χ0n) is 18.0. The van der Waals surface area contributed by atoms with Gasteiger partial charge in [-0.3, -0.25) is 9.59 Å². The van der Waals surface area contributed by atoms with E-state index in [4.69, 9.17) is 11.6 Å². The van der Waals surface area contributed by atoms with Crippen LogP contribution in [-0.2, 0) is 32.6 Å². The Morgan fingerprint density at radius 2 is 1.88 bits per heavy atom. The van der Waals surface area contributed by atoms with Crippen molar-refractivity contribution < 1.29 is 18.0 Å². The second-order valence-electron chi connectivity index (χ2n) is 8.35. The third kappa shape index (κ3) is 4.27. The van der Waals surface area contributed by atoms with E-state index in [0.717, 1.165) is 16.8 Å². The van der Waals surface area contributed by atoms with E-state index in [9.17, 15) is 18.0 Å². The van der Waals surface area contributed by atoms with Gasteiger partial charge in [-0.15, -0.1) is 0 Å². The molecule has 0 saturated carbocycles. The van der Waals surface area contributed by atoms with E-state index < -0.39 is 16.1 Å². The van der Waals surface area contributed by atoms with Crippen LogP contribution in [0.25, 0.3) is 0 Å². The molecule has 2 amide bonds. The van der Waals surface area contributed by atoms with E-state index in [1.54, 1.807) is 29.2 Å². The third-order valence-corrected chi connectivity index (χ3v) is 8.25. The fourth-order valence-electron chi connectivity index (χ4n) is 4.58. The van der Waals surface area contributed by atoms with Crippen molar-refractivity contribution in [2.24, 2.45) is 0 Å². The highest BCUT2D eigenvalue weighted by atomic mass is 35.5. The summed E-state index contributed by atoms with van der Waals surface area (Å²) in [4.78, 5) is 26.6. The van der Waals surface area contributed by atoms with E-state index in [-0.39, 0.29) is 22.8 Å². The molecule has 9 heteroatoms. The maximum atomic E-state index is 13.4. The summed E-state index contributed by atoms with van der Waals surface area (Å²) in [5, 5.41) is 3.46. The first-order valence-electron chi connectivity index (χ1n) is 10.6. The van der Waals surface area contributed by atoms with Gasteiger partial charge in [-0.2, -0.15) is 4.31 Å². The largest absolute Gasteiger partial charge is 0.351 e. The molecule has 2 aliphatic rings. The van der Waals surface area contributed by atoms with Crippen molar-refractivity contribution in [1.82, 2.24) is 9.62 Å².